The van der Waals surface area contributed by atoms with Gasteiger partial charge >= 0.3 is 0 Å². The van der Waals surface area contributed by atoms with E-state index in [0.29, 0.717) is 6.42 Å². The molecule has 1 unspecified atom stereocenters. The molecule has 1 aromatic rings. The van der Waals surface area contributed by atoms with Gasteiger partial charge in [0.1, 0.15) is 0 Å². The largest absolute Gasteiger partial charge is 0.387 e. The SMILES string of the molecule is CCC(O)c1ccc(N2CCN(C3CCCC3)CC2)cn1. The summed E-state index contributed by atoms with van der Waals surface area (Å²) < 4.78 is 0. The van der Waals surface area contributed by atoms with Crippen molar-refractivity contribution in [1.82, 2.24) is 9.88 Å². The first kappa shape index (κ1) is 14.8. The fraction of sp³-hybridized carbons (Fsp3) is 0.706. The van der Waals surface area contributed by atoms with E-state index in [1.165, 1.54) is 44.5 Å². The van der Waals surface area contributed by atoms with E-state index in [-0.39, 0.29) is 0 Å². The molecule has 21 heavy (non-hydrogen) atoms. The molecule has 2 heterocycles. The Labute approximate surface area is 127 Å². The Kier molecular flexibility index (Phi) is 4.76. The summed E-state index contributed by atoms with van der Waals surface area (Å²) in [6.07, 6.45) is 7.81. The lowest BCUT2D eigenvalue weighted by Crippen LogP contribution is -2.49. The first-order valence-electron chi connectivity index (χ1n) is 8.41. The number of piperazine rings is 1. The number of anilines is 1. The zero-order valence-electron chi connectivity index (χ0n) is 13.0. The van der Waals surface area contributed by atoms with Crippen molar-refractivity contribution in [3.63, 3.8) is 0 Å². The van der Waals surface area contributed by atoms with Crippen LogP contribution >= 0.6 is 0 Å². The summed E-state index contributed by atoms with van der Waals surface area (Å²) in [5.74, 6) is 0. The van der Waals surface area contributed by atoms with Crippen molar-refractivity contribution in [2.24, 2.45) is 0 Å². The van der Waals surface area contributed by atoms with E-state index in [1.807, 2.05) is 19.2 Å². The Hall–Kier alpha value is -1.13. The smallest absolute Gasteiger partial charge is 0.0957 e. The van der Waals surface area contributed by atoms with Crippen molar-refractivity contribution < 1.29 is 5.11 Å². The summed E-state index contributed by atoms with van der Waals surface area (Å²) in [7, 11) is 0. The van der Waals surface area contributed by atoms with E-state index < -0.39 is 6.10 Å². The molecule has 2 fully saturated rings. The molecule has 1 N–H and O–H groups in total. The van der Waals surface area contributed by atoms with Crippen LogP contribution in [0.1, 0.15) is 50.8 Å². The van der Waals surface area contributed by atoms with Crippen LogP contribution in [0.25, 0.3) is 0 Å². The molecule has 0 spiro atoms. The van der Waals surface area contributed by atoms with Crippen LogP contribution in [-0.2, 0) is 0 Å². The number of rotatable bonds is 4. The van der Waals surface area contributed by atoms with Crippen LogP contribution in [0.4, 0.5) is 5.69 Å². The van der Waals surface area contributed by atoms with Gasteiger partial charge in [-0.25, -0.2) is 0 Å². The number of pyridine rings is 1. The number of aliphatic hydroxyl groups excluding tert-OH is 1. The minimum atomic E-state index is -0.432. The van der Waals surface area contributed by atoms with Crippen LogP contribution in [0.2, 0.25) is 0 Å². The Bertz CT molecular complexity index is 434. The summed E-state index contributed by atoms with van der Waals surface area (Å²) in [5.41, 5.74) is 1.97. The average molecular weight is 289 g/mol. The topological polar surface area (TPSA) is 39.6 Å². The summed E-state index contributed by atoms with van der Waals surface area (Å²) >= 11 is 0. The highest BCUT2D eigenvalue weighted by Crippen LogP contribution is 2.26. The van der Waals surface area contributed by atoms with Crippen molar-refractivity contribution >= 4 is 5.69 Å². The molecule has 0 amide bonds. The van der Waals surface area contributed by atoms with Gasteiger partial charge in [-0.1, -0.05) is 19.8 Å². The van der Waals surface area contributed by atoms with Gasteiger partial charge in [0.25, 0.3) is 0 Å². The fourth-order valence-corrected chi connectivity index (χ4v) is 3.61. The maximum atomic E-state index is 9.80. The lowest BCUT2D eigenvalue weighted by molar-refractivity contribution is 0.169. The highest BCUT2D eigenvalue weighted by Gasteiger charge is 2.26. The predicted molar refractivity (Wildman–Crippen MR) is 85.5 cm³/mol. The number of hydrogen-bond acceptors (Lipinski definition) is 4. The Balaban J connectivity index is 1.56. The van der Waals surface area contributed by atoms with Gasteiger partial charge in [0, 0.05) is 32.2 Å². The van der Waals surface area contributed by atoms with Crippen LogP contribution in [0.15, 0.2) is 18.3 Å². The highest BCUT2D eigenvalue weighted by atomic mass is 16.3. The molecule has 1 aliphatic carbocycles. The number of nitrogens with zero attached hydrogens (tertiary/aromatic N) is 3. The van der Waals surface area contributed by atoms with E-state index >= 15 is 0 Å². The second-order valence-corrected chi connectivity index (χ2v) is 6.33. The van der Waals surface area contributed by atoms with E-state index in [9.17, 15) is 5.11 Å². The molecule has 1 aromatic heterocycles. The van der Waals surface area contributed by atoms with Gasteiger partial charge in [-0.3, -0.25) is 9.88 Å². The van der Waals surface area contributed by atoms with Crippen LogP contribution in [0, 0.1) is 0 Å². The molecular formula is C17H27N3O. The van der Waals surface area contributed by atoms with Gasteiger partial charge in [0.15, 0.2) is 0 Å². The molecular weight excluding hydrogens is 262 g/mol. The molecule has 4 heteroatoms. The average Bonchev–Trinajstić information content (AvgIpc) is 3.09. The molecule has 116 valence electrons. The minimum absolute atomic E-state index is 0.432. The molecule has 1 saturated heterocycles. The molecule has 1 aliphatic heterocycles. The van der Waals surface area contributed by atoms with Gasteiger partial charge in [-0.05, 0) is 31.4 Å². The predicted octanol–water partition coefficient (Wildman–Crippen LogP) is 2.59. The molecule has 0 radical (unpaired) electrons. The lowest BCUT2D eigenvalue weighted by Gasteiger charge is -2.39. The second kappa shape index (κ2) is 6.75. The maximum Gasteiger partial charge on any atom is 0.0957 e. The third kappa shape index (κ3) is 3.38. The maximum absolute atomic E-state index is 9.80. The van der Waals surface area contributed by atoms with E-state index in [4.69, 9.17) is 0 Å². The Morgan fingerprint density at radius 1 is 1.19 bits per heavy atom. The number of hydrogen-bond donors (Lipinski definition) is 1. The van der Waals surface area contributed by atoms with Crippen LogP contribution in [0.5, 0.6) is 0 Å². The van der Waals surface area contributed by atoms with E-state index in [1.54, 1.807) is 0 Å². The molecule has 3 rings (SSSR count). The zero-order chi connectivity index (χ0) is 14.7. The molecule has 1 saturated carbocycles. The van der Waals surface area contributed by atoms with Gasteiger partial charge in [0.05, 0.1) is 23.7 Å². The highest BCUT2D eigenvalue weighted by molar-refractivity contribution is 5.45. The van der Waals surface area contributed by atoms with Crippen LogP contribution in [-0.4, -0.2) is 47.2 Å². The number of aliphatic hydroxyl groups is 1. The van der Waals surface area contributed by atoms with Gasteiger partial charge in [-0.15, -0.1) is 0 Å². The first-order valence-corrected chi connectivity index (χ1v) is 8.41. The fourth-order valence-electron chi connectivity index (χ4n) is 3.61. The zero-order valence-corrected chi connectivity index (χ0v) is 13.0. The van der Waals surface area contributed by atoms with Crippen LogP contribution < -0.4 is 4.90 Å². The van der Waals surface area contributed by atoms with Crippen molar-refractivity contribution in [2.45, 2.75) is 51.2 Å². The third-order valence-electron chi connectivity index (χ3n) is 5.02. The van der Waals surface area contributed by atoms with Crippen molar-refractivity contribution in [2.75, 3.05) is 31.1 Å². The molecule has 2 aliphatic rings. The first-order chi connectivity index (χ1) is 10.3. The van der Waals surface area contributed by atoms with Crippen molar-refractivity contribution in [1.29, 1.82) is 0 Å². The molecule has 4 nitrogen and oxygen atoms in total. The van der Waals surface area contributed by atoms with Crippen molar-refractivity contribution in [3.8, 4) is 0 Å². The lowest BCUT2D eigenvalue weighted by atomic mass is 10.1. The molecule has 0 bridgehead atoms. The molecule has 0 aromatic carbocycles. The summed E-state index contributed by atoms with van der Waals surface area (Å²) in [5, 5.41) is 9.80. The monoisotopic (exact) mass is 289 g/mol. The van der Waals surface area contributed by atoms with E-state index in [2.05, 4.69) is 20.9 Å². The standard InChI is InChI=1S/C17H27N3O/c1-2-17(21)16-8-7-15(13-18-16)20-11-9-19(10-12-20)14-5-3-4-6-14/h7-8,13-14,17,21H,2-6,9-12H2,1H3. The number of aromatic nitrogens is 1. The van der Waals surface area contributed by atoms with Crippen molar-refractivity contribution in [3.05, 3.63) is 24.0 Å². The molecule has 1 atom stereocenters. The van der Waals surface area contributed by atoms with Gasteiger partial charge in [-0.2, -0.15) is 0 Å². The van der Waals surface area contributed by atoms with Gasteiger partial charge < -0.3 is 10.0 Å². The Morgan fingerprint density at radius 2 is 1.90 bits per heavy atom. The second-order valence-electron chi connectivity index (χ2n) is 6.33. The normalized spacial score (nSPS) is 22.7. The van der Waals surface area contributed by atoms with Crippen LogP contribution in [0.3, 0.4) is 0 Å². The summed E-state index contributed by atoms with van der Waals surface area (Å²) in [6, 6.07) is 4.91. The third-order valence-corrected chi connectivity index (χ3v) is 5.02. The quantitative estimate of drug-likeness (QED) is 0.925. The minimum Gasteiger partial charge on any atom is -0.387 e. The summed E-state index contributed by atoms with van der Waals surface area (Å²) in [4.78, 5) is 9.51. The Morgan fingerprint density at radius 3 is 2.48 bits per heavy atom. The summed E-state index contributed by atoms with van der Waals surface area (Å²) in [6.45, 7) is 6.50. The van der Waals surface area contributed by atoms with E-state index in [0.717, 1.165) is 24.8 Å². The van der Waals surface area contributed by atoms with Gasteiger partial charge in [0.2, 0.25) is 0 Å².